The van der Waals surface area contributed by atoms with Crippen molar-refractivity contribution >= 4 is 23.4 Å². The third kappa shape index (κ3) is 7.01. The Balaban J connectivity index is 1.77. The highest BCUT2D eigenvalue weighted by molar-refractivity contribution is 7.98. The Bertz CT molecular complexity index is 525. The number of imidazole rings is 1. The molecule has 4 heteroatoms. The summed E-state index contributed by atoms with van der Waals surface area (Å²) in [6.07, 6.45) is 13.9. The summed E-state index contributed by atoms with van der Waals surface area (Å²) >= 11 is 7.94. The van der Waals surface area contributed by atoms with Crippen molar-refractivity contribution in [2.24, 2.45) is 0 Å². The predicted octanol–water partition coefficient (Wildman–Crippen LogP) is 6.37. The first kappa shape index (κ1) is 18.4. The molecule has 0 aliphatic rings. The molecule has 2 nitrogen and oxygen atoms in total. The van der Waals surface area contributed by atoms with E-state index < -0.39 is 0 Å². The SMILES string of the molecule is CCCCCCC[C@@H](CSCc1ccc(Cl)cc1)n1ccnc1. The van der Waals surface area contributed by atoms with Crippen molar-refractivity contribution in [2.75, 3.05) is 5.75 Å². The van der Waals surface area contributed by atoms with Crippen molar-refractivity contribution in [3.63, 3.8) is 0 Å². The molecule has 0 saturated heterocycles. The number of hydrogen-bond donors (Lipinski definition) is 0. The van der Waals surface area contributed by atoms with Crippen molar-refractivity contribution in [1.82, 2.24) is 9.55 Å². The maximum Gasteiger partial charge on any atom is 0.0948 e. The van der Waals surface area contributed by atoms with Crippen LogP contribution in [-0.2, 0) is 5.75 Å². The van der Waals surface area contributed by atoms with Gasteiger partial charge in [-0.2, -0.15) is 11.8 Å². The second-order valence-corrected chi connectivity index (χ2v) is 7.47. The maximum absolute atomic E-state index is 5.94. The van der Waals surface area contributed by atoms with Crippen molar-refractivity contribution in [3.8, 4) is 0 Å². The molecule has 1 aromatic heterocycles. The molecule has 0 N–H and O–H groups in total. The van der Waals surface area contributed by atoms with Crippen LogP contribution in [0.1, 0.15) is 57.1 Å². The fraction of sp³-hybridized carbons (Fsp3) is 0.526. The molecule has 0 fully saturated rings. The highest BCUT2D eigenvalue weighted by Crippen LogP contribution is 2.24. The first-order valence-electron chi connectivity index (χ1n) is 8.59. The van der Waals surface area contributed by atoms with E-state index in [9.17, 15) is 0 Å². The lowest BCUT2D eigenvalue weighted by Gasteiger charge is -2.18. The molecule has 0 radical (unpaired) electrons. The smallest absolute Gasteiger partial charge is 0.0948 e. The molecule has 0 spiro atoms. The van der Waals surface area contributed by atoms with E-state index in [0.717, 1.165) is 16.5 Å². The third-order valence-corrected chi connectivity index (χ3v) is 5.49. The third-order valence-electron chi connectivity index (χ3n) is 4.08. The van der Waals surface area contributed by atoms with Gasteiger partial charge in [0.05, 0.1) is 6.33 Å². The quantitative estimate of drug-likeness (QED) is 0.438. The van der Waals surface area contributed by atoms with Gasteiger partial charge in [0.2, 0.25) is 0 Å². The van der Waals surface area contributed by atoms with Gasteiger partial charge in [-0.15, -0.1) is 0 Å². The number of unbranched alkanes of at least 4 members (excludes halogenated alkanes) is 4. The van der Waals surface area contributed by atoms with E-state index in [-0.39, 0.29) is 0 Å². The van der Waals surface area contributed by atoms with Crippen LogP contribution in [0.2, 0.25) is 5.02 Å². The number of nitrogens with zero attached hydrogens (tertiary/aromatic N) is 2. The van der Waals surface area contributed by atoms with Crippen molar-refractivity contribution in [1.29, 1.82) is 0 Å². The lowest BCUT2D eigenvalue weighted by Crippen LogP contribution is -2.10. The number of aromatic nitrogens is 2. The van der Waals surface area contributed by atoms with Crippen LogP contribution in [0.25, 0.3) is 0 Å². The van der Waals surface area contributed by atoms with E-state index in [1.807, 2.05) is 36.4 Å². The van der Waals surface area contributed by atoms with Gasteiger partial charge in [-0.25, -0.2) is 4.98 Å². The number of hydrogen-bond acceptors (Lipinski definition) is 2. The Morgan fingerprint density at radius 1 is 1.13 bits per heavy atom. The molecule has 2 rings (SSSR count). The minimum absolute atomic E-state index is 0.552. The topological polar surface area (TPSA) is 17.8 Å². The molecule has 1 heterocycles. The molecular formula is C19H27ClN2S. The van der Waals surface area contributed by atoms with E-state index in [2.05, 4.69) is 34.8 Å². The van der Waals surface area contributed by atoms with Crippen LogP contribution in [0.5, 0.6) is 0 Å². The molecular weight excluding hydrogens is 324 g/mol. The standard InChI is InChI=1S/C19H27ClN2S/c1-2-3-4-5-6-7-19(22-13-12-21-16-22)15-23-14-17-8-10-18(20)11-9-17/h8-13,16,19H,2-7,14-15H2,1H3/t19-/m0/s1. The van der Waals surface area contributed by atoms with E-state index in [4.69, 9.17) is 11.6 Å². The Kier molecular flexibility index (Phi) is 8.62. The van der Waals surface area contributed by atoms with Gasteiger partial charge in [-0.3, -0.25) is 0 Å². The molecule has 0 aliphatic carbocycles. The highest BCUT2D eigenvalue weighted by Gasteiger charge is 2.10. The second-order valence-electron chi connectivity index (χ2n) is 6.01. The van der Waals surface area contributed by atoms with Crippen LogP contribution in [0.3, 0.4) is 0 Å². The molecule has 0 saturated carbocycles. The first-order chi connectivity index (χ1) is 11.3. The van der Waals surface area contributed by atoms with Gasteiger partial charge in [0.1, 0.15) is 0 Å². The van der Waals surface area contributed by atoms with Gasteiger partial charge >= 0.3 is 0 Å². The highest BCUT2D eigenvalue weighted by atomic mass is 35.5. The molecule has 0 amide bonds. The summed E-state index contributed by atoms with van der Waals surface area (Å²) in [6, 6.07) is 8.73. The minimum atomic E-state index is 0.552. The summed E-state index contributed by atoms with van der Waals surface area (Å²) in [7, 11) is 0. The number of rotatable bonds is 11. The van der Waals surface area contributed by atoms with Gasteiger partial charge in [0.25, 0.3) is 0 Å². The van der Waals surface area contributed by atoms with Gasteiger partial charge in [0, 0.05) is 35.0 Å². The van der Waals surface area contributed by atoms with E-state index >= 15 is 0 Å². The maximum atomic E-state index is 5.94. The summed E-state index contributed by atoms with van der Waals surface area (Å²) < 4.78 is 2.27. The first-order valence-corrected chi connectivity index (χ1v) is 10.1. The van der Waals surface area contributed by atoms with Crippen LogP contribution in [0.15, 0.2) is 43.0 Å². The monoisotopic (exact) mass is 350 g/mol. The molecule has 0 bridgehead atoms. The van der Waals surface area contributed by atoms with Crippen LogP contribution < -0.4 is 0 Å². The lowest BCUT2D eigenvalue weighted by molar-refractivity contribution is 0.475. The van der Waals surface area contributed by atoms with Gasteiger partial charge < -0.3 is 4.57 Å². The summed E-state index contributed by atoms with van der Waals surface area (Å²) in [6.45, 7) is 2.27. The van der Waals surface area contributed by atoms with Gasteiger partial charge in [-0.1, -0.05) is 62.8 Å². The summed E-state index contributed by atoms with van der Waals surface area (Å²) in [5.41, 5.74) is 1.34. The normalized spacial score (nSPS) is 12.4. The zero-order valence-electron chi connectivity index (χ0n) is 14.0. The molecule has 126 valence electrons. The number of benzene rings is 1. The largest absolute Gasteiger partial charge is 0.334 e. The Labute approximate surface area is 149 Å². The molecule has 23 heavy (non-hydrogen) atoms. The Hall–Kier alpha value is -0.930. The number of halogens is 1. The predicted molar refractivity (Wildman–Crippen MR) is 102 cm³/mol. The summed E-state index contributed by atoms with van der Waals surface area (Å²) in [5, 5.41) is 0.808. The van der Waals surface area contributed by atoms with E-state index in [0.29, 0.717) is 6.04 Å². The Morgan fingerprint density at radius 3 is 2.61 bits per heavy atom. The average Bonchev–Trinajstić information content (AvgIpc) is 3.09. The van der Waals surface area contributed by atoms with Crippen molar-refractivity contribution < 1.29 is 0 Å². The van der Waals surface area contributed by atoms with Crippen LogP contribution in [0.4, 0.5) is 0 Å². The second kappa shape index (κ2) is 10.8. The summed E-state index contributed by atoms with van der Waals surface area (Å²) in [5.74, 6) is 2.17. The molecule has 0 unspecified atom stereocenters. The van der Waals surface area contributed by atoms with Gasteiger partial charge in [-0.05, 0) is 24.1 Å². The van der Waals surface area contributed by atoms with E-state index in [1.54, 1.807) is 0 Å². The van der Waals surface area contributed by atoms with Crippen LogP contribution in [0, 0.1) is 0 Å². The fourth-order valence-electron chi connectivity index (χ4n) is 2.68. The molecule has 2 aromatic rings. The van der Waals surface area contributed by atoms with E-state index in [1.165, 1.54) is 44.1 Å². The molecule has 1 aromatic carbocycles. The van der Waals surface area contributed by atoms with Crippen molar-refractivity contribution in [3.05, 3.63) is 53.6 Å². The minimum Gasteiger partial charge on any atom is -0.334 e. The van der Waals surface area contributed by atoms with Crippen LogP contribution in [-0.4, -0.2) is 15.3 Å². The fourth-order valence-corrected chi connectivity index (χ4v) is 3.96. The van der Waals surface area contributed by atoms with Gasteiger partial charge in [0.15, 0.2) is 0 Å². The zero-order chi connectivity index (χ0) is 16.3. The zero-order valence-corrected chi connectivity index (χ0v) is 15.5. The Morgan fingerprint density at radius 2 is 1.91 bits per heavy atom. The summed E-state index contributed by atoms with van der Waals surface area (Å²) in [4.78, 5) is 4.22. The lowest BCUT2D eigenvalue weighted by atomic mass is 10.1. The molecule has 0 aliphatic heterocycles. The number of thioether (sulfide) groups is 1. The van der Waals surface area contributed by atoms with Crippen molar-refractivity contribution in [2.45, 2.75) is 57.2 Å². The van der Waals surface area contributed by atoms with Crippen LogP contribution >= 0.6 is 23.4 Å². The average molecular weight is 351 g/mol. The molecule has 1 atom stereocenters.